The van der Waals surface area contributed by atoms with Gasteiger partial charge < -0.3 is 20.9 Å². The molecule has 2 aromatic carbocycles. The summed E-state index contributed by atoms with van der Waals surface area (Å²) in [6, 6.07) is 9.42. The van der Waals surface area contributed by atoms with Gasteiger partial charge in [0.15, 0.2) is 0 Å². The van der Waals surface area contributed by atoms with Gasteiger partial charge in [0.2, 0.25) is 0 Å². The number of carbonyl (C=O) groups is 4. The van der Waals surface area contributed by atoms with Gasteiger partial charge in [0.05, 0.1) is 24.0 Å². The van der Waals surface area contributed by atoms with Gasteiger partial charge in [0, 0.05) is 0 Å². The Morgan fingerprint density at radius 3 is 1.39 bits per heavy atom. The summed E-state index contributed by atoms with van der Waals surface area (Å²) in [6.07, 6.45) is -0.578. The summed E-state index contributed by atoms with van der Waals surface area (Å²) in [7, 11) is 0. The number of benzene rings is 2. The van der Waals surface area contributed by atoms with Gasteiger partial charge in [-0.15, -0.1) is 0 Å². The largest absolute Gasteiger partial charge is 0.426 e. The fourth-order valence-electron chi connectivity index (χ4n) is 2.63. The van der Waals surface area contributed by atoms with Crippen LogP contribution in [0.5, 0.6) is 11.5 Å². The van der Waals surface area contributed by atoms with Crippen LogP contribution < -0.4 is 20.9 Å². The van der Waals surface area contributed by atoms with Gasteiger partial charge >= 0.3 is 11.9 Å². The van der Waals surface area contributed by atoms with Crippen LogP contribution in [0.1, 0.15) is 44.7 Å². The third-order valence-corrected chi connectivity index (χ3v) is 3.94. The van der Waals surface area contributed by atoms with Crippen molar-refractivity contribution in [1.82, 2.24) is 0 Å². The predicted octanol–water partition coefficient (Wildman–Crippen LogP) is 1.79. The number of hydrogen-bond donors (Lipinski definition) is 2. The van der Waals surface area contributed by atoms with E-state index in [2.05, 4.69) is 0 Å². The molecule has 0 bridgehead atoms. The van der Waals surface area contributed by atoms with E-state index >= 15 is 0 Å². The van der Waals surface area contributed by atoms with E-state index in [0.29, 0.717) is 11.1 Å². The van der Waals surface area contributed by atoms with E-state index in [9.17, 15) is 19.2 Å². The second kappa shape index (κ2) is 8.81. The Hall–Kier alpha value is -3.68. The molecule has 2 amide bonds. The van der Waals surface area contributed by atoms with Crippen molar-refractivity contribution in [2.45, 2.75) is 26.7 Å². The van der Waals surface area contributed by atoms with E-state index in [1.165, 1.54) is 12.1 Å². The number of primary amides is 2. The lowest BCUT2D eigenvalue weighted by molar-refractivity contribution is -0.140. The summed E-state index contributed by atoms with van der Waals surface area (Å²) >= 11 is 0. The molecule has 0 fully saturated rings. The molecule has 2 aromatic rings. The molecule has 0 aliphatic heterocycles. The highest BCUT2D eigenvalue weighted by Gasteiger charge is 2.19. The van der Waals surface area contributed by atoms with E-state index in [1.807, 2.05) is 0 Å². The van der Waals surface area contributed by atoms with Crippen molar-refractivity contribution < 1.29 is 28.7 Å². The molecular weight excluding hydrogens is 364 g/mol. The van der Waals surface area contributed by atoms with Gasteiger partial charge in [-0.2, -0.15) is 0 Å². The molecule has 146 valence electrons. The molecule has 0 aliphatic carbocycles. The topological polar surface area (TPSA) is 139 Å². The number of esters is 2. The fourth-order valence-corrected chi connectivity index (χ4v) is 2.63. The first-order valence-electron chi connectivity index (χ1n) is 8.41. The second-order valence-corrected chi connectivity index (χ2v) is 6.07. The molecule has 0 aromatic heterocycles. The summed E-state index contributed by atoms with van der Waals surface area (Å²) < 4.78 is 10.3. The number of carbonyl (C=O) groups excluding carboxylic acids is 4. The maximum Gasteiger partial charge on any atom is 0.311 e. The number of nitrogens with two attached hydrogens (primary N) is 2. The van der Waals surface area contributed by atoms with Crippen LogP contribution in [0.4, 0.5) is 0 Å². The van der Waals surface area contributed by atoms with Crippen LogP contribution in [0.25, 0.3) is 0 Å². The molecule has 0 aliphatic rings. The van der Waals surface area contributed by atoms with E-state index in [-0.39, 0.29) is 35.5 Å². The Morgan fingerprint density at radius 1 is 0.714 bits per heavy atom. The number of amides is 2. The highest BCUT2D eigenvalue weighted by Crippen LogP contribution is 2.23. The first-order valence-corrected chi connectivity index (χ1v) is 8.41. The van der Waals surface area contributed by atoms with Crippen molar-refractivity contribution in [3.63, 3.8) is 0 Å². The van der Waals surface area contributed by atoms with Gasteiger partial charge in [-0.1, -0.05) is 24.3 Å². The molecule has 0 spiro atoms. The van der Waals surface area contributed by atoms with Gasteiger partial charge in [0.1, 0.15) is 11.5 Å². The molecule has 0 heterocycles. The minimum absolute atomic E-state index is 0.0283. The van der Waals surface area contributed by atoms with E-state index in [4.69, 9.17) is 20.9 Å². The minimum Gasteiger partial charge on any atom is -0.426 e. The smallest absolute Gasteiger partial charge is 0.311 e. The third kappa shape index (κ3) is 4.94. The van der Waals surface area contributed by atoms with Gasteiger partial charge in [-0.25, -0.2) is 0 Å². The van der Waals surface area contributed by atoms with E-state index in [0.717, 1.165) is 0 Å². The van der Waals surface area contributed by atoms with Crippen molar-refractivity contribution in [1.29, 1.82) is 0 Å². The van der Waals surface area contributed by atoms with Crippen molar-refractivity contribution in [3.05, 3.63) is 58.7 Å². The molecule has 8 nitrogen and oxygen atoms in total. The lowest BCUT2D eigenvalue weighted by Crippen LogP contribution is -2.19. The predicted molar refractivity (Wildman–Crippen MR) is 99.9 cm³/mol. The molecule has 4 N–H and O–H groups in total. The lowest BCUT2D eigenvalue weighted by atomic mass is 10.1. The molecule has 28 heavy (non-hydrogen) atoms. The highest BCUT2D eigenvalue weighted by molar-refractivity contribution is 5.98. The maximum absolute atomic E-state index is 12.0. The van der Waals surface area contributed by atoms with Crippen LogP contribution >= 0.6 is 0 Å². The third-order valence-electron chi connectivity index (χ3n) is 3.94. The van der Waals surface area contributed by atoms with Crippen LogP contribution in [0.3, 0.4) is 0 Å². The standard InChI is InChI=1S/C20H20N2O6/c1-11-5-3-7-13(17(11)19(21)25)27-15(23)9-10-16(24)28-14-8-4-6-12(2)18(14)20(22)26/h3-8H,9-10H2,1-2H3,(H2,21,25)(H2,22,26). The lowest BCUT2D eigenvalue weighted by Gasteiger charge is -2.11. The molecule has 0 saturated carbocycles. The molecular formula is C20H20N2O6. The van der Waals surface area contributed by atoms with Gasteiger partial charge in [0.25, 0.3) is 11.8 Å². The summed E-state index contributed by atoms with van der Waals surface area (Å²) in [5.41, 5.74) is 11.9. The van der Waals surface area contributed by atoms with Gasteiger partial charge in [-0.05, 0) is 37.1 Å². The van der Waals surface area contributed by atoms with Crippen LogP contribution in [-0.4, -0.2) is 23.8 Å². The zero-order valence-corrected chi connectivity index (χ0v) is 15.5. The average molecular weight is 384 g/mol. The maximum atomic E-state index is 12.0. The van der Waals surface area contributed by atoms with Crippen LogP contribution in [0.15, 0.2) is 36.4 Å². The minimum atomic E-state index is -0.732. The zero-order valence-electron chi connectivity index (χ0n) is 15.5. The van der Waals surface area contributed by atoms with E-state index in [1.54, 1.807) is 38.1 Å². The summed E-state index contributed by atoms with van der Waals surface area (Å²) in [6.45, 7) is 3.32. The quantitative estimate of drug-likeness (QED) is 0.551. The average Bonchev–Trinajstić information content (AvgIpc) is 2.59. The number of rotatable bonds is 7. The number of hydrogen-bond acceptors (Lipinski definition) is 6. The van der Waals surface area contributed by atoms with Crippen LogP contribution in [0, 0.1) is 13.8 Å². The molecule has 8 heteroatoms. The first kappa shape index (κ1) is 20.6. The SMILES string of the molecule is Cc1cccc(OC(=O)CCC(=O)Oc2cccc(C)c2C(N)=O)c1C(N)=O. The van der Waals surface area contributed by atoms with E-state index < -0.39 is 23.8 Å². The Kier molecular flexibility index (Phi) is 6.49. The molecule has 0 unspecified atom stereocenters. The Labute approximate surface area is 161 Å². The normalized spacial score (nSPS) is 10.2. The van der Waals surface area contributed by atoms with Crippen molar-refractivity contribution in [2.75, 3.05) is 0 Å². The molecule has 2 rings (SSSR count). The molecule has 0 radical (unpaired) electrons. The summed E-state index contributed by atoms with van der Waals surface area (Å²) in [5.74, 6) is -2.85. The summed E-state index contributed by atoms with van der Waals surface area (Å²) in [4.78, 5) is 47.1. The van der Waals surface area contributed by atoms with Crippen molar-refractivity contribution in [2.24, 2.45) is 11.5 Å². The van der Waals surface area contributed by atoms with Crippen molar-refractivity contribution in [3.8, 4) is 11.5 Å². The van der Waals surface area contributed by atoms with Gasteiger partial charge in [-0.3, -0.25) is 19.2 Å². The first-order chi connectivity index (χ1) is 13.2. The number of ether oxygens (including phenoxy) is 2. The molecule has 0 saturated heterocycles. The van der Waals surface area contributed by atoms with Crippen LogP contribution in [0.2, 0.25) is 0 Å². The van der Waals surface area contributed by atoms with Crippen molar-refractivity contribution >= 4 is 23.8 Å². The van der Waals surface area contributed by atoms with Crippen LogP contribution in [-0.2, 0) is 9.59 Å². The highest BCUT2D eigenvalue weighted by atomic mass is 16.5. The zero-order chi connectivity index (χ0) is 20.8. The monoisotopic (exact) mass is 384 g/mol. The summed E-state index contributed by atoms with van der Waals surface area (Å²) in [5, 5.41) is 0. The fraction of sp³-hybridized carbons (Fsp3) is 0.200. The second-order valence-electron chi connectivity index (χ2n) is 6.07. The Balaban J connectivity index is 2.00. The molecule has 0 atom stereocenters. The number of aryl methyl sites for hydroxylation is 2. The Morgan fingerprint density at radius 2 is 1.07 bits per heavy atom. The Bertz CT molecular complexity index is 874.